The number of aromatic nitrogens is 3. The molecule has 0 radical (unpaired) electrons. The molecule has 4 aliphatic rings. The van der Waals surface area contributed by atoms with Crippen LogP contribution in [0.5, 0.6) is 0 Å². The molecule has 1 amide bonds. The van der Waals surface area contributed by atoms with Crippen LogP contribution in [0, 0.1) is 0 Å². The van der Waals surface area contributed by atoms with Crippen LogP contribution in [0.3, 0.4) is 0 Å². The molecule has 1 saturated carbocycles. The van der Waals surface area contributed by atoms with Gasteiger partial charge >= 0.3 is 0 Å². The largest absolute Gasteiger partial charge is 0.381 e. The van der Waals surface area contributed by atoms with Crippen LogP contribution in [0.15, 0.2) is 18.5 Å². The zero-order valence-electron chi connectivity index (χ0n) is 23.0. The maximum Gasteiger partial charge on any atom is 0.263 e. The fraction of sp³-hybridized carbons (Fsp3) is 0.690. The lowest BCUT2D eigenvalue weighted by molar-refractivity contribution is 0.100. The summed E-state index contributed by atoms with van der Waals surface area (Å²) in [7, 11) is 0. The van der Waals surface area contributed by atoms with E-state index in [9.17, 15) is 4.79 Å². The molecule has 4 N–H and O–H groups in total. The Morgan fingerprint density at radius 2 is 1.72 bits per heavy atom. The first-order chi connectivity index (χ1) is 19.1. The molecule has 3 aliphatic heterocycles. The molecule has 39 heavy (non-hydrogen) atoms. The molecule has 1 spiro atoms. The molecule has 9 nitrogen and oxygen atoms in total. The number of hydrogen-bond donors (Lipinski definition) is 3. The van der Waals surface area contributed by atoms with Crippen LogP contribution in [0.25, 0.3) is 0 Å². The number of anilines is 4. The fourth-order valence-corrected chi connectivity index (χ4v) is 7.56. The predicted octanol–water partition coefficient (Wildman–Crippen LogP) is 5.04. The van der Waals surface area contributed by atoms with Crippen molar-refractivity contribution in [3.05, 3.63) is 24.0 Å². The summed E-state index contributed by atoms with van der Waals surface area (Å²) in [4.78, 5) is 23.1. The van der Waals surface area contributed by atoms with E-state index in [1.54, 1.807) is 12.4 Å². The average molecular weight is 555 g/mol. The third-order valence-electron chi connectivity index (χ3n) is 9.57. The maximum atomic E-state index is 13.8. The van der Waals surface area contributed by atoms with E-state index in [-0.39, 0.29) is 22.6 Å². The van der Waals surface area contributed by atoms with Crippen molar-refractivity contribution in [2.24, 2.45) is 0 Å². The molecule has 0 bridgehead atoms. The van der Waals surface area contributed by atoms with Gasteiger partial charge in [0, 0.05) is 31.9 Å². The summed E-state index contributed by atoms with van der Waals surface area (Å²) in [5, 5.41) is 11.2. The fourth-order valence-electron chi connectivity index (χ4n) is 7.17. The number of nitrogens with two attached hydrogens (primary N) is 1. The van der Waals surface area contributed by atoms with Gasteiger partial charge in [0.15, 0.2) is 5.82 Å². The zero-order valence-corrected chi connectivity index (χ0v) is 23.8. The maximum absolute atomic E-state index is 13.8. The van der Waals surface area contributed by atoms with Gasteiger partial charge < -0.3 is 26.2 Å². The first-order valence-electron chi connectivity index (χ1n) is 15.1. The summed E-state index contributed by atoms with van der Waals surface area (Å²) in [5.41, 5.74) is 8.27. The van der Waals surface area contributed by atoms with Gasteiger partial charge in [-0.2, -0.15) is 5.10 Å². The monoisotopic (exact) mass is 554 g/mol. The number of carbonyl (C=O) groups is 1. The smallest absolute Gasteiger partial charge is 0.263 e. The third-order valence-corrected chi connectivity index (χ3v) is 10.1. The van der Waals surface area contributed by atoms with Crippen LogP contribution < -0.4 is 21.3 Å². The average Bonchev–Trinajstić information content (AvgIpc) is 3.26. The van der Waals surface area contributed by atoms with E-state index in [1.807, 2.05) is 10.7 Å². The summed E-state index contributed by atoms with van der Waals surface area (Å²) in [5.74, 6) is 0.687. The normalized spacial score (nSPS) is 24.4. The van der Waals surface area contributed by atoms with E-state index in [0.717, 1.165) is 57.3 Å². The van der Waals surface area contributed by atoms with Crippen molar-refractivity contribution in [1.29, 1.82) is 0 Å². The number of piperidine rings is 1. The van der Waals surface area contributed by atoms with Crippen molar-refractivity contribution in [2.75, 3.05) is 54.0 Å². The van der Waals surface area contributed by atoms with Gasteiger partial charge in [0.2, 0.25) is 0 Å². The number of likely N-dealkylation sites (tertiary alicyclic amines) is 1. The molecular formula is C29H43ClN8O. The second-order valence-corrected chi connectivity index (χ2v) is 12.4. The summed E-state index contributed by atoms with van der Waals surface area (Å²) in [6, 6.07) is 2.68. The Bertz CT molecular complexity index is 1150. The van der Waals surface area contributed by atoms with Gasteiger partial charge in [-0.15, -0.1) is 11.6 Å². The van der Waals surface area contributed by atoms with Gasteiger partial charge in [-0.05, 0) is 51.3 Å². The Hall–Kier alpha value is -2.52. The number of carbonyl (C=O) groups excluding carboxylic acids is 1. The molecule has 3 fully saturated rings. The molecule has 10 heteroatoms. The standard InChI is InChI=1S/C29H43ClN8O/c30-24-20-33-27-25(26(31)35-38(27)29(24)12-6-4-2-1-3-5-7-13-29)28(39)34-22-19-32-14-9-23(22)37-17-10-21(11-18-37)36-15-8-16-36/h9,14,19,21,24,33H,1-8,10-13,15-18,20H2,(H2,31,35)(H,34,39). The minimum Gasteiger partial charge on any atom is -0.381 e. The number of nitrogens with zero attached hydrogens (tertiary/aromatic N) is 5. The van der Waals surface area contributed by atoms with Crippen molar-refractivity contribution in [3.63, 3.8) is 0 Å². The lowest BCUT2D eigenvalue weighted by atomic mass is 9.81. The number of alkyl halides is 1. The summed E-state index contributed by atoms with van der Waals surface area (Å²) in [6.07, 6.45) is 17.6. The van der Waals surface area contributed by atoms with Crippen LogP contribution in [0.4, 0.5) is 23.0 Å². The number of pyridine rings is 1. The van der Waals surface area contributed by atoms with Gasteiger partial charge in [-0.3, -0.25) is 9.78 Å². The first kappa shape index (κ1) is 26.7. The number of hydrogen-bond acceptors (Lipinski definition) is 7. The summed E-state index contributed by atoms with van der Waals surface area (Å²) < 4.78 is 1.98. The Morgan fingerprint density at radius 1 is 1.03 bits per heavy atom. The van der Waals surface area contributed by atoms with E-state index < -0.39 is 0 Å². The van der Waals surface area contributed by atoms with Gasteiger partial charge in [-0.1, -0.05) is 44.9 Å². The highest BCUT2D eigenvalue weighted by molar-refractivity contribution is 6.22. The SMILES string of the molecule is Nc1nn2c(c1C(=O)Nc1cnccc1N1CCC(N3CCC3)CC1)NCC(Cl)C21CCCCCCCCC1. The van der Waals surface area contributed by atoms with Gasteiger partial charge in [-0.25, -0.2) is 4.68 Å². The van der Waals surface area contributed by atoms with Crippen LogP contribution in [0.2, 0.25) is 0 Å². The molecule has 2 aromatic rings. The summed E-state index contributed by atoms with van der Waals surface area (Å²) in [6.45, 7) is 5.01. The van der Waals surface area contributed by atoms with Crippen LogP contribution >= 0.6 is 11.6 Å². The lowest BCUT2D eigenvalue weighted by Gasteiger charge is -2.43. The topological polar surface area (TPSA) is 104 Å². The molecule has 2 saturated heterocycles. The highest BCUT2D eigenvalue weighted by Gasteiger charge is 2.46. The molecule has 2 aromatic heterocycles. The quantitative estimate of drug-likeness (QED) is 0.455. The first-order valence-corrected chi connectivity index (χ1v) is 15.5. The van der Waals surface area contributed by atoms with Crippen LogP contribution in [-0.2, 0) is 5.54 Å². The van der Waals surface area contributed by atoms with E-state index >= 15 is 0 Å². The highest BCUT2D eigenvalue weighted by Crippen LogP contribution is 2.44. The van der Waals surface area contributed by atoms with E-state index in [1.165, 1.54) is 51.6 Å². The Balaban J connectivity index is 1.23. The molecule has 0 aromatic carbocycles. The van der Waals surface area contributed by atoms with Crippen molar-refractivity contribution >= 4 is 40.5 Å². The van der Waals surface area contributed by atoms with Crippen molar-refractivity contribution in [3.8, 4) is 0 Å². The number of fused-ring (bicyclic) bond motifs is 2. The number of halogens is 1. The van der Waals surface area contributed by atoms with Gasteiger partial charge in [0.05, 0.1) is 28.5 Å². The summed E-state index contributed by atoms with van der Waals surface area (Å²) >= 11 is 7.04. The second kappa shape index (κ2) is 11.5. The molecule has 1 atom stereocenters. The minimum absolute atomic E-state index is 0.108. The molecular weight excluding hydrogens is 512 g/mol. The third kappa shape index (κ3) is 5.20. The number of amides is 1. The zero-order chi connectivity index (χ0) is 26.8. The van der Waals surface area contributed by atoms with Crippen molar-refractivity contribution in [2.45, 2.75) is 94.0 Å². The number of rotatable bonds is 4. The lowest BCUT2D eigenvalue weighted by Crippen LogP contribution is -2.50. The highest BCUT2D eigenvalue weighted by atomic mass is 35.5. The van der Waals surface area contributed by atoms with E-state index in [0.29, 0.717) is 29.7 Å². The molecule has 6 rings (SSSR count). The Labute approximate surface area is 236 Å². The van der Waals surface area contributed by atoms with Crippen LogP contribution in [0.1, 0.15) is 87.4 Å². The molecule has 212 valence electrons. The molecule has 1 unspecified atom stereocenters. The molecule has 5 heterocycles. The van der Waals surface area contributed by atoms with Crippen molar-refractivity contribution < 1.29 is 4.79 Å². The molecule has 1 aliphatic carbocycles. The van der Waals surface area contributed by atoms with Gasteiger partial charge in [0.1, 0.15) is 11.4 Å². The Kier molecular flexibility index (Phi) is 7.89. The second-order valence-electron chi connectivity index (χ2n) is 11.9. The van der Waals surface area contributed by atoms with E-state index in [2.05, 4.69) is 25.4 Å². The van der Waals surface area contributed by atoms with Gasteiger partial charge in [0.25, 0.3) is 5.91 Å². The number of nitrogen functional groups attached to an aromatic ring is 1. The minimum atomic E-state index is -0.327. The van der Waals surface area contributed by atoms with Crippen molar-refractivity contribution in [1.82, 2.24) is 19.7 Å². The van der Waals surface area contributed by atoms with Crippen LogP contribution in [-0.4, -0.2) is 69.7 Å². The number of nitrogens with one attached hydrogen (secondary N) is 2. The Morgan fingerprint density at radius 3 is 2.38 bits per heavy atom. The van der Waals surface area contributed by atoms with E-state index in [4.69, 9.17) is 22.4 Å². The predicted molar refractivity (Wildman–Crippen MR) is 158 cm³/mol.